The lowest BCUT2D eigenvalue weighted by molar-refractivity contribution is -0.132. The van der Waals surface area contributed by atoms with Crippen LogP contribution in [0, 0.1) is 6.92 Å². The van der Waals surface area contributed by atoms with Crippen molar-refractivity contribution in [1.29, 1.82) is 0 Å². The molecule has 0 radical (unpaired) electrons. The maximum absolute atomic E-state index is 11.4. The summed E-state index contributed by atoms with van der Waals surface area (Å²) in [4.78, 5) is 11.4. The van der Waals surface area contributed by atoms with Gasteiger partial charge >= 0.3 is 5.97 Å². The number of cyclic esters (lactones) is 1. The van der Waals surface area contributed by atoms with Crippen molar-refractivity contribution in [2.45, 2.75) is 46.5 Å². The second-order valence-corrected chi connectivity index (χ2v) is 6.97. The van der Waals surface area contributed by atoms with E-state index in [9.17, 15) is 9.90 Å². The lowest BCUT2D eigenvalue weighted by Gasteiger charge is -2.16. The molecule has 0 aromatic heterocycles. The quantitative estimate of drug-likeness (QED) is 0.650. The summed E-state index contributed by atoms with van der Waals surface area (Å²) in [5, 5.41) is 9.89. The number of ether oxygens (including phenoxy) is 1. The number of hydrogen-bond donors (Lipinski definition) is 1. The highest BCUT2D eigenvalue weighted by Gasteiger charge is 2.20. The van der Waals surface area contributed by atoms with Gasteiger partial charge in [0, 0.05) is 0 Å². The molecule has 1 aliphatic rings. The molecular formula is C24H26O3. The van der Waals surface area contributed by atoms with Crippen molar-refractivity contribution in [3.63, 3.8) is 0 Å². The van der Waals surface area contributed by atoms with E-state index in [0.29, 0.717) is 0 Å². The van der Waals surface area contributed by atoms with E-state index in [2.05, 4.69) is 39.0 Å². The van der Waals surface area contributed by atoms with Gasteiger partial charge in [0.15, 0.2) is 11.5 Å². The van der Waals surface area contributed by atoms with Gasteiger partial charge in [-0.2, -0.15) is 0 Å². The van der Waals surface area contributed by atoms with Crippen LogP contribution in [0.3, 0.4) is 0 Å². The minimum Gasteiger partial charge on any atom is -0.504 e. The number of esters is 1. The largest absolute Gasteiger partial charge is 0.504 e. The van der Waals surface area contributed by atoms with E-state index in [1.54, 1.807) is 6.08 Å². The van der Waals surface area contributed by atoms with Crippen LogP contribution in [0.25, 0.3) is 17.2 Å². The number of carbonyl (C=O) groups is 1. The van der Waals surface area contributed by atoms with Gasteiger partial charge in [-0.15, -0.1) is 0 Å². The minimum atomic E-state index is -0.540. The lowest BCUT2D eigenvalue weighted by atomic mass is 9.89. The van der Waals surface area contributed by atoms with Crippen molar-refractivity contribution in [2.75, 3.05) is 0 Å². The fraction of sp³-hybridized carbons (Fsp3) is 0.292. The molecule has 0 unspecified atom stereocenters. The van der Waals surface area contributed by atoms with Crippen LogP contribution in [0.1, 0.15) is 48.9 Å². The molecule has 27 heavy (non-hydrogen) atoms. The van der Waals surface area contributed by atoms with Gasteiger partial charge < -0.3 is 9.84 Å². The van der Waals surface area contributed by atoms with E-state index in [-0.39, 0.29) is 11.5 Å². The summed E-state index contributed by atoms with van der Waals surface area (Å²) in [7, 11) is 0. The van der Waals surface area contributed by atoms with E-state index < -0.39 is 5.97 Å². The normalized spacial score (nSPS) is 15.1. The molecule has 3 nitrogen and oxygen atoms in total. The Labute approximate surface area is 161 Å². The second kappa shape index (κ2) is 8.26. The van der Waals surface area contributed by atoms with Crippen LogP contribution in [0.15, 0.2) is 54.0 Å². The fourth-order valence-corrected chi connectivity index (χ4v) is 3.56. The second-order valence-electron chi connectivity index (χ2n) is 6.97. The van der Waals surface area contributed by atoms with Crippen LogP contribution >= 0.6 is 0 Å². The van der Waals surface area contributed by atoms with Crippen molar-refractivity contribution < 1.29 is 14.6 Å². The number of benzene rings is 2. The van der Waals surface area contributed by atoms with Gasteiger partial charge in [0.25, 0.3) is 0 Å². The third-order valence-electron chi connectivity index (χ3n) is 4.94. The molecule has 0 saturated heterocycles. The molecule has 140 valence electrons. The van der Waals surface area contributed by atoms with E-state index >= 15 is 0 Å². The summed E-state index contributed by atoms with van der Waals surface area (Å²) in [5.41, 5.74) is 7.30. The lowest BCUT2D eigenvalue weighted by Crippen LogP contribution is -1.98. The van der Waals surface area contributed by atoms with Crippen molar-refractivity contribution in [3.05, 3.63) is 76.2 Å². The molecule has 0 bridgehead atoms. The summed E-state index contributed by atoms with van der Waals surface area (Å²) in [6.07, 6.45) is 7.15. The van der Waals surface area contributed by atoms with Crippen molar-refractivity contribution in [3.8, 4) is 11.1 Å². The minimum absolute atomic E-state index is 0.128. The molecular weight excluding hydrogens is 336 g/mol. The van der Waals surface area contributed by atoms with E-state index in [1.165, 1.54) is 16.7 Å². The predicted molar refractivity (Wildman–Crippen MR) is 109 cm³/mol. The average Bonchev–Trinajstić information content (AvgIpc) is 2.96. The number of rotatable bonds is 6. The Balaban J connectivity index is 2.11. The Morgan fingerprint density at radius 1 is 1.04 bits per heavy atom. The van der Waals surface area contributed by atoms with Crippen LogP contribution in [-0.2, 0) is 22.4 Å². The number of aliphatic hydroxyl groups excluding tert-OH is 1. The van der Waals surface area contributed by atoms with Crippen molar-refractivity contribution in [1.82, 2.24) is 0 Å². The third kappa shape index (κ3) is 4.13. The Morgan fingerprint density at radius 3 is 2.22 bits per heavy atom. The first kappa shape index (κ1) is 19.0. The van der Waals surface area contributed by atoms with Crippen molar-refractivity contribution >= 4 is 12.0 Å². The molecule has 0 saturated carbocycles. The maximum Gasteiger partial charge on any atom is 0.340 e. The van der Waals surface area contributed by atoms with Crippen LogP contribution in [0.4, 0.5) is 0 Å². The topological polar surface area (TPSA) is 46.5 Å². The molecule has 1 N–H and O–H groups in total. The van der Waals surface area contributed by atoms with E-state index in [0.717, 1.165) is 48.4 Å². The van der Waals surface area contributed by atoms with E-state index in [4.69, 9.17) is 4.74 Å². The maximum atomic E-state index is 11.4. The highest BCUT2D eigenvalue weighted by atomic mass is 16.6. The standard InChI is InChI=1S/C24H26O3/c1-4-8-17-12-20(13-18(9-5-2)16(17)3)21-11-7-6-10-19(21)14-23-22(25)15-24(26)27-23/h6-7,10-15,25H,4-5,8-9H2,1-3H3/b23-14-. The SMILES string of the molecule is CCCc1cc(-c2ccccc2/C=C2\OC(=O)C=C2O)cc(CCC)c1C. The fourth-order valence-electron chi connectivity index (χ4n) is 3.56. The smallest absolute Gasteiger partial charge is 0.340 e. The molecule has 3 rings (SSSR count). The number of aryl methyl sites for hydroxylation is 2. The van der Waals surface area contributed by atoms with Crippen LogP contribution in [0.2, 0.25) is 0 Å². The molecule has 3 heteroatoms. The third-order valence-corrected chi connectivity index (χ3v) is 4.94. The Morgan fingerprint density at radius 2 is 1.67 bits per heavy atom. The highest BCUT2D eigenvalue weighted by molar-refractivity contribution is 5.89. The first-order valence-electron chi connectivity index (χ1n) is 9.59. The van der Waals surface area contributed by atoms with Gasteiger partial charge in [-0.25, -0.2) is 4.79 Å². The molecule has 0 atom stereocenters. The van der Waals surface area contributed by atoms with Gasteiger partial charge in [0.1, 0.15) is 0 Å². The molecule has 1 aliphatic heterocycles. The number of carbonyl (C=O) groups excluding carboxylic acids is 1. The molecule has 0 spiro atoms. The van der Waals surface area contributed by atoms with Crippen LogP contribution in [0.5, 0.6) is 0 Å². The van der Waals surface area contributed by atoms with Crippen molar-refractivity contribution in [2.24, 2.45) is 0 Å². The molecule has 1 heterocycles. The number of aliphatic hydroxyl groups is 1. The first-order valence-corrected chi connectivity index (χ1v) is 9.59. The van der Waals surface area contributed by atoms with Gasteiger partial charge in [0.2, 0.25) is 0 Å². The summed E-state index contributed by atoms with van der Waals surface area (Å²) in [6, 6.07) is 12.5. The molecule has 2 aromatic carbocycles. The summed E-state index contributed by atoms with van der Waals surface area (Å²) >= 11 is 0. The zero-order chi connectivity index (χ0) is 19.4. The summed E-state index contributed by atoms with van der Waals surface area (Å²) < 4.78 is 5.09. The predicted octanol–water partition coefficient (Wildman–Crippen LogP) is 5.91. The average molecular weight is 362 g/mol. The van der Waals surface area contributed by atoms with Gasteiger partial charge in [-0.1, -0.05) is 63.1 Å². The van der Waals surface area contributed by atoms with Gasteiger partial charge in [-0.3, -0.25) is 0 Å². The molecule has 0 amide bonds. The van der Waals surface area contributed by atoms with Gasteiger partial charge in [-0.05, 0) is 59.2 Å². The molecule has 0 aliphatic carbocycles. The van der Waals surface area contributed by atoms with E-state index in [1.807, 2.05) is 18.2 Å². The first-order chi connectivity index (χ1) is 13.0. The Hall–Kier alpha value is -2.81. The Kier molecular flexibility index (Phi) is 5.80. The Bertz CT molecular complexity index is 892. The van der Waals surface area contributed by atoms with Crippen LogP contribution < -0.4 is 0 Å². The monoisotopic (exact) mass is 362 g/mol. The molecule has 2 aromatic rings. The van der Waals surface area contributed by atoms with Crippen LogP contribution in [-0.4, -0.2) is 11.1 Å². The number of hydrogen-bond acceptors (Lipinski definition) is 3. The van der Waals surface area contributed by atoms with Gasteiger partial charge in [0.05, 0.1) is 6.08 Å². The zero-order valence-corrected chi connectivity index (χ0v) is 16.2. The molecule has 0 fully saturated rings. The summed E-state index contributed by atoms with van der Waals surface area (Å²) in [5.74, 6) is -0.471. The highest BCUT2D eigenvalue weighted by Crippen LogP contribution is 2.32. The summed E-state index contributed by atoms with van der Waals surface area (Å²) in [6.45, 7) is 6.62. The zero-order valence-electron chi connectivity index (χ0n) is 16.2.